The fraction of sp³-hybridized carbons (Fsp3) is 0.579. The van der Waals surface area contributed by atoms with E-state index in [1.54, 1.807) is 23.6 Å². The maximum atomic E-state index is 12.6. The second kappa shape index (κ2) is 10.2. The lowest BCUT2D eigenvalue weighted by molar-refractivity contribution is -0.144. The molecule has 1 aromatic rings. The maximum Gasteiger partial charge on any atom is 0.263 e. The molecule has 27 heavy (non-hydrogen) atoms. The highest BCUT2D eigenvalue weighted by Gasteiger charge is 2.32. The van der Waals surface area contributed by atoms with E-state index in [1.165, 1.54) is 5.56 Å². The molecular formula is C19H28ClN3O3S. The van der Waals surface area contributed by atoms with Crippen molar-refractivity contribution < 1.29 is 14.3 Å². The van der Waals surface area contributed by atoms with Gasteiger partial charge in [0.05, 0.1) is 6.04 Å². The molecule has 0 spiro atoms. The molecule has 2 saturated heterocycles. The van der Waals surface area contributed by atoms with Crippen LogP contribution in [0.5, 0.6) is 5.75 Å². The third-order valence-corrected chi connectivity index (χ3v) is 5.85. The first kappa shape index (κ1) is 21.9. The van der Waals surface area contributed by atoms with Crippen LogP contribution in [0.3, 0.4) is 0 Å². The lowest BCUT2D eigenvalue weighted by Gasteiger charge is -2.36. The zero-order chi connectivity index (χ0) is 18.5. The van der Waals surface area contributed by atoms with Crippen LogP contribution in [0.15, 0.2) is 24.3 Å². The summed E-state index contributed by atoms with van der Waals surface area (Å²) in [5.41, 5.74) is 1.24. The van der Waals surface area contributed by atoms with Gasteiger partial charge in [-0.3, -0.25) is 14.9 Å². The van der Waals surface area contributed by atoms with E-state index in [0.717, 1.165) is 18.1 Å². The Labute approximate surface area is 171 Å². The fourth-order valence-electron chi connectivity index (χ4n) is 3.24. The first-order valence-corrected chi connectivity index (χ1v) is 10.4. The molecule has 0 aliphatic carbocycles. The van der Waals surface area contributed by atoms with Gasteiger partial charge in [-0.05, 0) is 31.0 Å². The van der Waals surface area contributed by atoms with Crippen molar-refractivity contribution in [3.8, 4) is 5.75 Å². The van der Waals surface area contributed by atoms with E-state index in [9.17, 15) is 9.59 Å². The van der Waals surface area contributed by atoms with Gasteiger partial charge in [-0.15, -0.1) is 24.2 Å². The smallest absolute Gasteiger partial charge is 0.263 e. The first-order valence-electron chi connectivity index (χ1n) is 9.22. The Morgan fingerprint density at radius 3 is 2.37 bits per heavy atom. The van der Waals surface area contributed by atoms with E-state index in [2.05, 4.69) is 12.2 Å². The molecule has 1 aromatic carbocycles. The summed E-state index contributed by atoms with van der Waals surface area (Å²) in [5.74, 6) is 2.51. The van der Waals surface area contributed by atoms with Crippen LogP contribution in [0.25, 0.3) is 0 Å². The average Bonchev–Trinajstić information content (AvgIpc) is 3.22. The highest BCUT2D eigenvalue weighted by atomic mass is 35.5. The largest absolute Gasteiger partial charge is 0.481 e. The molecule has 2 atom stereocenters. The predicted octanol–water partition coefficient (Wildman–Crippen LogP) is 1.77. The van der Waals surface area contributed by atoms with Crippen molar-refractivity contribution in [2.75, 3.05) is 37.8 Å². The highest BCUT2D eigenvalue weighted by molar-refractivity contribution is 7.99. The minimum atomic E-state index is -0.530. The summed E-state index contributed by atoms with van der Waals surface area (Å²) >= 11 is 1.75. The number of aryl methyl sites for hydroxylation is 1. The molecule has 2 aliphatic rings. The van der Waals surface area contributed by atoms with Gasteiger partial charge >= 0.3 is 0 Å². The quantitative estimate of drug-likeness (QED) is 0.797. The van der Waals surface area contributed by atoms with Crippen LogP contribution in [-0.2, 0) is 16.0 Å². The number of carbonyl (C=O) groups excluding carboxylic acids is 2. The van der Waals surface area contributed by atoms with E-state index in [1.807, 2.05) is 29.2 Å². The number of rotatable bonds is 5. The Morgan fingerprint density at radius 2 is 1.81 bits per heavy atom. The fourth-order valence-corrected chi connectivity index (χ4v) is 4.17. The summed E-state index contributed by atoms with van der Waals surface area (Å²) in [4.78, 5) is 28.7. The number of hydrogen-bond acceptors (Lipinski definition) is 5. The van der Waals surface area contributed by atoms with Crippen molar-refractivity contribution in [3.63, 3.8) is 0 Å². The number of carbonyl (C=O) groups is 2. The van der Waals surface area contributed by atoms with Gasteiger partial charge in [0.15, 0.2) is 6.10 Å². The molecule has 0 bridgehead atoms. The summed E-state index contributed by atoms with van der Waals surface area (Å²) < 4.78 is 5.80. The number of nitrogens with one attached hydrogen (secondary N) is 1. The van der Waals surface area contributed by atoms with Gasteiger partial charge in [-0.25, -0.2) is 0 Å². The topological polar surface area (TPSA) is 61.9 Å². The lowest BCUT2D eigenvalue weighted by atomic mass is 10.2. The van der Waals surface area contributed by atoms with Crippen LogP contribution < -0.4 is 10.1 Å². The third-order valence-electron chi connectivity index (χ3n) is 4.91. The minimum absolute atomic E-state index is 0. The number of benzene rings is 1. The number of hydrogen-bond donors (Lipinski definition) is 1. The van der Waals surface area contributed by atoms with Crippen molar-refractivity contribution in [2.45, 2.75) is 32.4 Å². The van der Waals surface area contributed by atoms with Crippen molar-refractivity contribution >= 4 is 36.0 Å². The van der Waals surface area contributed by atoms with E-state index in [4.69, 9.17) is 4.74 Å². The molecule has 0 saturated carbocycles. The second-order valence-electron chi connectivity index (χ2n) is 6.68. The number of thioether (sulfide) groups is 1. The Balaban J connectivity index is 0.00000261. The molecule has 3 rings (SSSR count). The van der Waals surface area contributed by atoms with Crippen molar-refractivity contribution in [1.82, 2.24) is 15.1 Å². The molecule has 2 heterocycles. The molecule has 150 valence electrons. The maximum absolute atomic E-state index is 12.6. The second-order valence-corrected chi connectivity index (χ2v) is 7.71. The van der Waals surface area contributed by atoms with Crippen LogP contribution >= 0.6 is 24.2 Å². The van der Waals surface area contributed by atoms with Gasteiger partial charge < -0.3 is 14.5 Å². The SMILES string of the molecule is CCc1ccc(OC(C)C(=O)N2CCN(C(=O)C3CSCN3)CC2)cc1.Cl. The van der Waals surface area contributed by atoms with Crippen LogP contribution in [0, 0.1) is 0 Å². The van der Waals surface area contributed by atoms with E-state index in [0.29, 0.717) is 31.9 Å². The van der Waals surface area contributed by atoms with Crippen LogP contribution in [0.4, 0.5) is 0 Å². The molecule has 2 unspecified atom stereocenters. The number of ether oxygens (including phenoxy) is 1. The van der Waals surface area contributed by atoms with E-state index >= 15 is 0 Å². The number of halogens is 1. The summed E-state index contributed by atoms with van der Waals surface area (Å²) in [6.07, 6.45) is 0.449. The zero-order valence-corrected chi connectivity index (χ0v) is 17.5. The van der Waals surface area contributed by atoms with Gasteiger partial charge in [0, 0.05) is 37.8 Å². The Kier molecular flexibility index (Phi) is 8.26. The Bertz CT molecular complexity index is 630. The molecule has 8 heteroatoms. The standard InChI is InChI=1S/C19H27N3O3S.ClH/c1-3-15-4-6-16(7-5-15)25-14(2)18(23)21-8-10-22(11-9-21)19(24)17-12-26-13-20-17;/h4-7,14,17,20H,3,8-13H2,1-2H3;1H. The lowest BCUT2D eigenvalue weighted by Crippen LogP contribution is -2.56. The minimum Gasteiger partial charge on any atom is -0.481 e. The third kappa shape index (κ3) is 5.53. The molecule has 1 N–H and O–H groups in total. The Hall–Kier alpha value is -1.44. The molecular weight excluding hydrogens is 386 g/mol. The monoisotopic (exact) mass is 413 g/mol. The molecule has 2 amide bonds. The average molecular weight is 414 g/mol. The predicted molar refractivity (Wildman–Crippen MR) is 111 cm³/mol. The molecule has 0 radical (unpaired) electrons. The number of piperazine rings is 1. The molecule has 2 fully saturated rings. The summed E-state index contributed by atoms with van der Waals surface area (Å²) in [7, 11) is 0. The van der Waals surface area contributed by atoms with Gasteiger partial charge in [-0.2, -0.15) is 0 Å². The van der Waals surface area contributed by atoms with E-state index in [-0.39, 0.29) is 30.3 Å². The van der Waals surface area contributed by atoms with Crippen LogP contribution in [0.2, 0.25) is 0 Å². The van der Waals surface area contributed by atoms with Gasteiger partial charge in [0.25, 0.3) is 5.91 Å². The van der Waals surface area contributed by atoms with Crippen molar-refractivity contribution in [1.29, 1.82) is 0 Å². The summed E-state index contributed by atoms with van der Waals surface area (Å²) in [6, 6.07) is 7.78. The van der Waals surface area contributed by atoms with Crippen molar-refractivity contribution in [2.24, 2.45) is 0 Å². The van der Waals surface area contributed by atoms with Crippen LogP contribution in [-0.4, -0.2) is 71.6 Å². The Morgan fingerprint density at radius 1 is 1.19 bits per heavy atom. The highest BCUT2D eigenvalue weighted by Crippen LogP contribution is 2.17. The van der Waals surface area contributed by atoms with Crippen molar-refractivity contribution in [3.05, 3.63) is 29.8 Å². The molecule has 6 nitrogen and oxygen atoms in total. The van der Waals surface area contributed by atoms with Gasteiger partial charge in [0.1, 0.15) is 5.75 Å². The summed E-state index contributed by atoms with van der Waals surface area (Å²) in [6.45, 7) is 6.19. The normalized spacial score (nSPS) is 20.7. The molecule has 2 aliphatic heterocycles. The number of nitrogens with zero attached hydrogens (tertiary/aromatic N) is 2. The zero-order valence-electron chi connectivity index (χ0n) is 15.8. The van der Waals surface area contributed by atoms with Gasteiger partial charge in [-0.1, -0.05) is 19.1 Å². The number of amides is 2. The van der Waals surface area contributed by atoms with Crippen LogP contribution in [0.1, 0.15) is 19.4 Å². The molecule has 0 aromatic heterocycles. The van der Waals surface area contributed by atoms with Gasteiger partial charge in [0.2, 0.25) is 5.91 Å². The first-order chi connectivity index (χ1) is 12.6. The van der Waals surface area contributed by atoms with E-state index < -0.39 is 6.10 Å². The summed E-state index contributed by atoms with van der Waals surface area (Å²) in [5, 5.41) is 3.21.